The molecule has 0 spiro atoms. The number of halogens is 3. The topological polar surface area (TPSA) is 78.9 Å². The molecule has 2 heterocycles. The summed E-state index contributed by atoms with van der Waals surface area (Å²) in [6.07, 6.45) is -0.195. The van der Waals surface area contributed by atoms with Crippen molar-refractivity contribution in [3.63, 3.8) is 0 Å². The Morgan fingerprint density at radius 3 is 2.50 bits per heavy atom. The molecule has 0 radical (unpaired) electrons. The Morgan fingerprint density at radius 1 is 1.18 bits per heavy atom. The van der Waals surface area contributed by atoms with E-state index >= 15 is 0 Å². The van der Waals surface area contributed by atoms with Crippen molar-refractivity contribution in [2.45, 2.75) is 77.2 Å². The number of amides is 1. The molecule has 1 aliphatic carbocycles. The Hall–Kier alpha value is -2.13. The third-order valence-corrected chi connectivity index (χ3v) is 7.95. The highest BCUT2D eigenvalue weighted by molar-refractivity contribution is 5.91. The third-order valence-electron chi connectivity index (χ3n) is 7.95. The van der Waals surface area contributed by atoms with Gasteiger partial charge in [-0.25, -0.2) is 4.79 Å². The molecule has 6 nitrogen and oxygen atoms in total. The van der Waals surface area contributed by atoms with Gasteiger partial charge in [-0.3, -0.25) is 4.79 Å². The lowest BCUT2D eigenvalue weighted by Crippen LogP contribution is -2.49. The van der Waals surface area contributed by atoms with E-state index in [4.69, 9.17) is 4.74 Å². The summed E-state index contributed by atoms with van der Waals surface area (Å²) in [6.45, 7) is 5.87. The van der Waals surface area contributed by atoms with Gasteiger partial charge in [0.05, 0.1) is 16.5 Å². The number of nitrogens with one attached hydrogen (secondary N) is 1. The number of alkyl halides is 3. The Balaban J connectivity index is 1.55. The van der Waals surface area contributed by atoms with Gasteiger partial charge in [-0.2, -0.15) is 13.2 Å². The van der Waals surface area contributed by atoms with Crippen LogP contribution in [0.2, 0.25) is 0 Å². The molecule has 1 saturated heterocycles. The smallest absolute Gasteiger partial charge is 0.416 e. The fourth-order valence-corrected chi connectivity index (χ4v) is 5.92. The summed E-state index contributed by atoms with van der Waals surface area (Å²) in [5.74, 6) is -1.32. The molecule has 2 N–H and O–H groups in total. The van der Waals surface area contributed by atoms with Crippen LogP contribution >= 0.6 is 0 Å². The number of carbonyl (C=O) groups is 2. The highest BCUT2D eigenvalue weighted by atomic mass is 19.4. The maximum atomic E-state index is 13.9. The van der Waals surface area contributed by atoms with E-state index in [2.05, 4.69) is 5.32 Å². The summed E-state index contributed by atoms with van der Waals surface area (Å²) in [4.78, 5) is 27.1. The molecular formula is C25H33F3N2O4. The molecule has 2 fully saturated rings. The van der Waals surface area contributed by atoms with Crippen LogP contribution in [0.3, 0.4) is 0 Å². The van der Waals surface area contributed by atoms with Crippen LogP contribution in [0.1, 0.15) is 73.0 Å². The molecule has 1 aromatic rings. The minimum absolute atomic E-state index is 0.00486. The van der Waals surface area contributed by atoms with E-state index in [0.717, 1.165) is 45.0 Å². The Kier molecular flexibility index (Phi) is 6.97. The number of rotatable bonds is 5. The van der Waals surface area contributed by atoms with Crippen molar-refractivity contribution in [2.24, 2.45) is 11.3 Å². The van der Waals surface area contributed by atoms with E-state index in [-0.39, 0.29) is 42.0 Å². The number of nitrogens with zero attached hydrogens (tertiary/aromatic N) is 1. The number of fused-ring (bicyclic) bond motifs is 1. The number of carbonyl (C=O) groups excluding carboxylic acids is 1. The van der Waals surface area contributed by atoms with Gasteiger partial charge in [0, 0.05) is 38.4 Å². The van der Waals surface area contributed by atoms with Crippen LogP contribution in [-0.4, -0.2) is 53.7 Å². The highest BCUT2D eigenvalue weighted by Gasteiger charge is 2.50. The van der Waals surface area contributed by atoms with Crippen LogP contribution in [-0.2, 0) is 28.7 Å². The number of carboxylic acid groups (broad SMARTS) is 1. The Bertz CT molecular complexity index is 943. The first-order valence-corrected chi connectivity index (χ1v) is 12.1. The summed E-state index contributed by atoms with van der Waals surface area (Å²) in [6, 6.07) is 2.32. The maximum Gasteiger partial charge on any atom is 0.416 e. The predicted octanol–water partition coefficient (Wildman–Crippen LogP) is 4.25. The number of aromatic carboxylic acids is 1. The van der Waals surface area contributed by atoms with Gasteiger partial charge < -0.3 is 20.1 Å². The molecule has 34 heavy (non-hydrogen) atoms. The summed E-state index contributed by atoms with van der Waals surface area (Å²) < 4.78 is 45.7. The van der Waals surface area contributed by atoms with E-state index < -0.39 is 23.1 Å². The molecule has 3 aliphatic rings. The first-order chi connectivity index (χ1) is 16.0. The number of ether oxygens (including phenoxy) is 1. The Labute approximate surface area is 197 Å². The number of hydrogen-bond acceptors (Lipinski definition) is 4. The molecule has 0 bridgehead atoms. The van der Waals surface area contributed by atoms with Crippen LogP contribution in [0.4, 0.5) is 13.2 Å². The van der Waals surface area contributed by atoms with Crippen LogP contribution in [0.25, 0.3) is 0 Å². The molecule has 0 aromatic heterocycles. The van der Waals surface area contributed by atoms with E-state index in [1.165, 1.54) is 0 Å². The van der Waals surface area contributed by atoms with E-state index in [1.807, 2.05) is 13.8 Å². The van der Waals surface area contributed by atoms with Crippen molar-refractivity contribution in [2.75, 3.05) is 19.8 Å². The molecule has 2 atom stereocenters. The zero-order valence-electron chi connectivity index (χ0n) is 19.7. The zero-order chi connectivity index (χ0) is 24.7. The van der Waals surface area contributed by atoms with Crippen LogP contribution in [0.15, 0.2) is 12.1 Å². The van der Waals surface area contributed by atoms with Crippen molar-refractivity contribution in [3.8, 4) is 0 Å². The van der Waals surface area contributed by atoms with E-state index in [9.17, 15) is 27.9 Å². The van der Waals surface area contributed by atoms with E-state index in [1.54, 1.807) is 4.90 Å². The summed E-state index contributed by atoms with van der Waals surface area (Å²) >= 11 is 0. The summed E-state index contributed by atoms with van der Waals surface area (Å²) in [5, 5.41) is 13.2. The average Bonchev–Trinajstić information content (AvgIpc) is 3.22. The monoisotopic (exact) mass is 482 g/mol. The molecule has 9 heteroatoms. The lowest BCUT2D eigenvalue weighted by molar-refractivity contribution is -0.145. The molecule has 1 saturated carbocycles. The lowest BCUT2D eigenvalue weighted by Gasteiger charge is -2.40. The van der Waals surface area contributed by atoms with Gasteiger partial charge in [-0.1, -0.05) is 13.8 Å². The fourth-order valence-electron chi connectivity index (χ4n) is 5.92. The van der Waals surface area contributed by atoms with Crippen LogP contribution in [0.5, 0.6) is 0 Å². The van der Waals surface area contributed by atoms with Gasteiger partial charge in [0.1, 0.15) is 0 Å². The molecule has 188 valence electrons. The molecule has 4 rings (SSSR count). The fraction of sp³-hybridized carbons (Fsp3) is 0.680. The van der Waals surface area contributed by atoms with Crippen molar-refractivity contribution < 1.29 is 32.6 Å². The normalized spacial score (nSPS) is 26.1. The van der Waals surface area contributed by atoms with Crippen molar-refractivity contribution in [1.29, 1.82) is 0 Å². The SMILES string of the molecule is CC(C)[C@]1(C(=O)N2CCc3c(cc(C(F)(F)F)cc3C(=O)O)C2)CC[C@@H](NC2CCOCC2)C1. The standard InChI is InChI=1S/C25H33F3N2O4/c1-15(2)24(7-3-19(13-24)29-18-5-9-34-10-6-18)23(33)30-8-4-20-16(14-30)11-17(25(26,27)28)12-21(20)22(31)32/h11-12,15,18-19,29H,3-10,13-14H2,1-2H3,(H,31,32)/t19-,24+/m1/s1. The van der Waals surface area contributed by atoms with Gasteiger partial charge in [0.2, 0.25) is 5.91 Å². The molecular weight excluding hydrogens is 449 g/mol. The number of hydrogen-bond donors (Lipinski definition) is 2. The predicted molar refractivity (Wildman–Crippen MR) is 119 cm³/mol. The van der Waals surface area contributed by atoms with Crippen molar-refractivity contribution >= 4 is 11.9 Å². The first kappa shape index (κ1) is 25.0. The largest absolute Gasteiger partial charge is 0.478 e. The van der Waals surface area contributed by atoms with Gasteiger partial charge >= 0.3 is 12.1 Å². The quantitative estimate of drug-likeness (QED) is 0.656. The minimum Gasteiger partial charge on any atom is -0.478 e. The third kappa shape index (κ3) is 4.82. The van der Waals surface area contributed by atoms with Gasteiger partial charge in [-0.05, 0) is 67.7 Å². The van der Waals surface area contributed by atoms with Crippen LogP contribution in [0, 0.1) is 11.3 Å². The van der Waals surface area contributed by atoms with Gasteiger partial charge in [0.15, 0.2) is 0 Å². The van der Waals surface area contributed by atoms with Gasteiger partial charge in [-0.15, -0.1) is 0 Å². The zero-order valence-corrected chi connectivity index (χ0v) is 19.7. The molecule has 2 aliphatic heterocycles. The maximum absolute atomic E-state index is 13.9. The average molecular weight is 483 g/mol. The summed E-state index contributed by atoms with van der Waals surface area (Å²) in [5.41, 5.74) is -1.21. The summed E-state index contributed by atoms with van der Waals surface area (Å²) in [7, 11) is 0. The van der Waals surface area contributed by atoms with Crippen molar-refractivity contribution in [3.05, 3.63) is 34.4 Å². The molecule has 1 aromatic carbocycles. The second-order valence-corrected chi connectivity index (χ2v) is 10.2. The molecule has 0 unspecified atom stereocenters. The molecule has 1 amide bonds. The van der Waals surface area contributed by atoms with Crippen molar-refractivity contribution in [1.82, 2.24) is 10.2 Å². The lowest BCUT2D eigenvalue weighted by atomic mass is 9.73. The van der Waals surface area contributed by atoms with Crippen LogP contribution < -0.4 is 5.32 Å². The Morgan fingerprint density at radius 2 is 1.88 bits per heavy atom. The number of benzene rings is 1. The number of carboxylic acids is 1. The van der Waals surface area contributed by atoms with E-state index in [0.29, 0.717) is 30.6 Å². The first-order valence-electron chi connectivity index (χ1n) is 12.1. The second kappa shape index (κ2) is 9.49. The highest BCUT2D eigenvalue weighted by Crippen LogP contribution is 2.47. The van der Waals surface area contributed by atoms with Gasteiger partial charge in [0.25, 0.3) is 0 Å². The second-order valence-electron chi connectivity index (χ2n) is 10.2. The minimum atomic E-state index is -4.65.